The number of hydrogen-bond acceptors (Lipinski definition) is 5. The summed E-state index contributed by atoms with van der Waals surface area (Å²) in [5, 5.41) is 5.56. The van der Waals surface area contributed by atoms with Crippen LogP contribution in [0.5, 0.6) is 11.5 Å². The molecule has 4 N–H and O–H groups in total. The van der Waals surface area contributed by atoms with E-state index in [1.165, 1.54) is 0 Å². The van der Waals surface area contributed by atoms with Gasteiger partial charge >= 0.3 is 0 Å². The second-order valence-corrected chi connectivity index (χ2v) is 7.18. The van der Waals surface area contributed by atoms with Gasteiger partial charge in [0.2, 0.25) is 11.8 Å². The highest BCUT2D eigenvalue weighted by atomic mass is 35.5. The first-order chi connectivity index (χ1) is 12.3. The molecule has 152 valence electrons. The first-order valence-corrected chi connectivity index (χ1v) is 9.01. The van der Waals surface area contributed by atoms with Gasteiger partial charge in [-0.3, -0.25) is 9.59 Å². The Kier molecular flexibility index (Phi) is 8.85. The average Bonchev–Trinajstić information content (AvgIpc) is 2.62. The van der Waals surface area contributed by atoms with E-state index in [0.717, 1.165) is 5.56 Å². The van der Waals surface area contributed by atoms with Gasteiger partial charge in [0.05, 0.1) is 18.6 Å². The Morgan fingerprint density at radius 1 is 1.07 bits per heavy atom. The fourth-order valence-electron chi connectivity index (χ4n) is 2.70. The third-order valence-electron chi connectivity index (χ3n) is 4.35. The summed E-state index contributed by atoms with van der Waals surface area (Å²) in [5.41, 5.74) is 6.72. The molecule has 7 nitrogen and oxygen atoms in total. The molecule has 0 radical (unpaired) electrons. The molecule has 0 saturated heterocycles. The predicted octanol–water partition coefficient (Wildman–Crippen LogP) is 1.79. The van der Waals surface area contributed by atoms with E-state index in [4.69, 9.17) is 15.2 Å². The molecule has 1 heterocycles. The number of halogens is 1. The topological polar surface area (TPSA) is 103 Å². The van der Waals surface area contributed by atoms with Gasteiger partial charge in [-0.2, -0.15) is 0 Å². The molecule has 8 heteroatoms. The molecule has 1 unspecified atom stereocenters. The van der Waals surface area contributed by atoms with E-state index in [1.807, 2.05) is 45.9 Å². The number of amides is 2. The molecule has 0 fully saturated rings. The van der Waals surface area contributed by atoms with E-state index < -0.39 is 6.04 Å². The zero-order valence-corrected chi connectivity index (χ0v) is 17.1. The molecule has 1 aliphatic rings. The summed E-state index contributed by atoms with van der Waals surface area (Å²) in [6.45, 7) is 8.71. The van der Waals surface area contributed by atoms with Crippen LogP contribution in [0.15, 0.2) is 18.2 Å². The standard InChI is InChI=1S/C19H29N3O4.ClH/c1-11(2)17(20)19(24)21-10-16(23)22-18(12(3)4)13-5-6-14-15(9-13)26-8-7-25-14;/h5-6,9,11-12,17-18H,7-8,10,20H2,1-4H3,(H,21,24)(H,22,23);1H/t17-,18?;/m0./s1. The van der Waals surface area contributed by atoms with E-state index in [0.29, 0.717) is 24.7 Å². The largest absolute Gasteiger partial charge is 0.486 e. The monoisotopic (exact) mass is 399 g/mol. The molecule has 0 aliphatic carbocycles. The lowest BCUT2D eigenvalue weighted by atomic mass is 9.95. The Balaban J connectivity index is 0.00000364. The summed E-state index contributed by atoms with van der Waals surface area (Å²) in [4.78, 5) is 24.2. The molecule has 2 atom stereocenters. The van der Waals surface area contributed by atoms with Crippen molar-refractivity contribution in [2.75, 3.05) is 19.8 Å². The smallest absolute Gasteiger partial charge is 0.239 e. The van der Waals surface area contributed by atoms with Crippen LogP contribution in [0.3, 0.4) is 0 Å². The first kappa shape index (κ1) is 23.0. The first-order valence-electron chi connectivity index (χ1n) is 9.01. The maximum Gasteiger partial charge on any atom is 0.239 e. The highest BCUT2D eigenvalue weighted by molar-refractivity contribution is 5.87. The molecule has 0 aromatic heterocycles. The molecule has 27 heavy (non-hydrogen) atoms. The molecule has 2 amide bonds. The Bertz CT molecular complexity index is 652. The Morgan fingerprint density at radius 3 is 2.30 bits per heavy atom. The number of carbonyl (C=O) groups is 2. The van der Waals surface area contributed by atoms with Gasteiger partial charge in [-0.05, 0) is 29.5 Å². The van der Waals surface area contributed by atoms with Crippen LogP contribution >= 0.6 is 12.4 Å². The molecule has 2 rings (SSSR count). The summed E-state index contributed by atoms with van der Waals surface area (Å²) in [7, 11) is 0. The predicted molar refractivity (Wildman–Crippen MR) is 106 cm³/mol. The van der Waals surface area contributed by atoms with Gasteiger partial charge in [0.15, 0.2) is 11.5 Å². The number of ether oxygens (including phenoxy) is 2. The van der Waals surface area contributed by atoms with Crippen molar-refractivity contribution >= 4 is 24.2 Å². The Hall–Kier alpha value is -1.99. The minimum atomic E-state index is -0.624. The van der Waals surface area contributed by atoms with Crippen molar-refractivity contribution in [3.63, 3.8) is 0 Å². The SMILES string of the molecule is CC(C)C(NC(=O)CNC(=O)[C@@H](N)C(C)C)c1ccc2c(c1)OCCO2.Cl. The number of hydrogen-bond donors (Lipinski definition) is 3. The van der Waals surface area contributed by atoms with Crippen molar-refractivity contribution < 1.29 is 19.1 Å². The van der Waals surface area contributed by atoms with Crippen LogP contribution in [0.1, 0.15) is 39.3 Å². The van der Waals surface area contributed by atoms with Crippen molar-refractivity contribution in [2.45, 2.75) is 39.8 Å². The molecule has 0 bridgehead atoms. The lowest BCUT2D eigenvalue weighted by Crippen LogP contribution is -2.47. The summed E-state index contributed by atoms with van der Waals surface area (Å²) < 4.78 is 11.2. The van der Waals surface area contributed by atoms with Gasteiger partial charge in [0.25, 0.3) is 0 Å². The van der Waals surface area contributed by atoms with Gasteiger partial charge < -0.3 is 25.8 Å². The highest BCUT2D eigenvalue weighted by Crippen LogP contribution is 2.34. The summed E-state index contributed by atoms with van der Waals surface area (Å²) >= 11 is 0. The van der Waals surface area contributed by atoms with Crippen LogP contribution in [-0.2, 0) is 9.59 Å². The van der Waals surface area contributed by atoms with Crippen LogP contribution in [0.2, 0.25) is 0 Å². The number of benzene rings is 1. The maximum absolute atomic E-state index is 12.3. The van der Waals surface area contributed by atoms with Crippen molar-refractivity contribution in [3.8, 4) is 11.5 Å². The van der Waals surface area contributed by atoms with E-state index in [9.17, 15) is 9.59 Å². The summed E-state index contributed by atoms with van der Waals surface area (Å²) in [5.74, 6) is 0.987. The third kappa shape index (κ3) is 6.29. The average molecular weight is 400 g/mol. The van der Waals surface area contributed by atoms with E-state index in [-0.39, 0.29) is 48.6 Å². The van der Waals surface area contributed by atoms with Crippen LogP contribution in [0.25, 0.3) is 0 Å². The summed E-state index contributed by atoms with van der Waals surface area (Å²) in [6, 6.07) is 4.85. The zero-order chi connectivity index (χ0) is 19.3. The second kappa shape index (κ2) is 10.4. The van der Waals surface area contributed by atoms with Crippen LogP contribution in [-0.4, -0.2) is 37.6 Å². The molecular formula is C19H30ClN3O4. The molecule has 0 saturated carbocycles. The van der Waals surface area contributed by atoms with Crippen molar-refractivity contribution in [1.29, 1.82) is 0 Å². The quantitative estimate of drug-likeness (QED) is 0.648. The minimum absolute atomic E-state index is 0. The number of fused-ring (bicyclic) bond motifs is 1. The molecule has 1 aromatic rings. The van der Waals surface area contributed by atoms with Crippen molar-refractivity contribution in [3.05, 3.63) is 23.8 Å². The van der Waals surface area contributed by atoms with E-state index in [1.54, 1.807) is 0 Å². The number of carbonyl (C=O) groups excluding carboxylic acids is 2. The van der Waals surface area contributed by atoms with Gasteiger partial charge in [-0.1, -0.05) is 33.8 Å². The lowest BCUT2D eigenvalue weighted by molar-refractivity contribution is -0.127. The highest BCUT2D eigenvalue weighted by Gasteiger charge is 2.22. The normalized spacial score (nSPS) is 14.9. The third-order valence-corrected chi connectivity index (χ3v) is 4.35. The lowest BCUT2D eigenvalue weighted by Gasteiger charge is -2.25. The Labute approximate surface area is 166 Å². The van der Waals surface area contributed by atoms with Gasteiger partial charge in [-0.15, -0.1) is 12.4 Å². The second-order valence-electron chi connectivity index (χ2n) is 7.18. The van der Waals surface area contributed by atoms with Crippen molar-refractivity contribution in [1.82, 2.24) is 10.6 Å². The van der Waals surface area contributed by atoms with Crippen molar-refractivity contribution in [2.24, 2.45) is 17.6 Å². The molecule has 1 aromatic carbocycles. The van der Waals surface area contributed by atoms with E-state index >= 15 is 0 Å². The van der Waals surface area contributed by atoms with Crippen LogP contribution in [0.4, 0.5) is 0 Å². The minimum Gasteiger partial charge on any atom is -0.486 e. The van der Waals surface area contributed by atoms with Gasteiger partial charge in [0.1, 0.15) is 13.2 Å². The zero-order valence-electron chi connectivity index (χ0n) is 16.3. The van der Waals surface area contributed by atoms with E-state index in [2.05, 4.69) is 10.6 Å². The van der Waals surface area contributed by atoms with Crippen LogP contribution < -0.4 is 25.8 Å². The summed E-state index contributed by atoms with van der Waals surface area (Å²) in [6.07, 6.45) is 0. The molecule has 1 aliphatic heterocycles. The Morgan fingerprint density at radius 2 is 1.70 bits per heavy atom. The maximum atomic E-state index is 12.3. The number of nitrogens with one attached hydrogen (secondary N) is 2. The van der Waals surface area contributed by atoms with Gasteiger partial charge in [-0.25, -0.2) is 0 Å². The fourth-order valence-corrected chi connectivity index (χ4v) is 2.70. The molecule has 0 spiro atoms. The van der Waals surface area contributed by atoms with Crippen LogP contribution in [0, 0.1) is 11.8 Å². The van der Waals surface area contributed by atoms with Gasteiger partial charge in [0, 0.05) is 0 Å². The number of rotatable bonds is 7. The number of nitrogens with two attached hydrogens (primary N) is 1. The fraction of sp³-hybridized carbons (Fsp3) is 0.579. The molecular weight excluding hydrogens is 370 g/mol.